The Hall–Kier alpha value is -5.23. The first-order valence-electron chi connectivity index (χ1n) is 16.6. The number of nitrogens with zero attached hydrogens (tertiary/aromatic N) is 8. The summed E-state index contributed by atoms with van der Waals surface area (Å²) in [4.78, 5) is 30.3. The lowest BCUT2D eigenvalue weighted by molar-refractivity contribution is 0.0700. The topological polar surface area (TPSA) is 131 Å². The predicted molar refractivity (Wildman–Crippen MR) is 180 cm³/mol. The second kappa shape index (κ2) is 11.2. The maximum atomic E-state index is 14.0. The fraction of sp³-hybridized carbons (Fsp3) is 0.361. The molecule has 2 unspecified atom stereocenters. The summed E-state index contributed by atoms with van der Waals surface area (Å²) in [6, 6.07) is 12.0. The van der Waals surface area contributed by atoms with Crippen LogP contribution in [-0.2, 0) is 13.1 Å². The molecule has 48 heavy (non-hydrogen) atoms. The van der Waals surface area contributed by atoms with Crippen molar-refractivity contribution in [2.45, 2.75) is 50.9 Å². The number of piperidine rings is 1. The summed E-state index contributed by atoms with van der Waals surface area (Å²) in [5.74, 6) is 3.00. The molecule has 12 nitrogen and oxygen atoms in total. The Labute approximate surface area is 277 Å². The number of nitrogens with two attached hydrogens (primary N) is 1. The molecule has 3 atom stereocenters. The van der Waals surface area contributed by atoms with Crippen molar-refractivity contribution in [2.75, 3.05) is 20.8 Å². The van der Waals surface area contributed by atoms with E-state index < -0.39 is 0 Å². The smallest absolute Gasteiger partial charge is 0.254 e. The summed E-state index contributed by atoms with van der Waals surface area (Å²) >= 11 is 0. The number of hydrogen-bond acceptors (Lipinski definition) is 8. The summed E-state index contributed by atoms with van der Waals surface area (Å²) < 4.78 is 17.7. The van der Waals surface area contributed by atoms with Crippen LogP contribution in [0.2, 0.25) is 0 Å². The number of likely N-dealkylation sites (tertiary alicyclic amines) is 1. The first kappa shape index (κ1) is 29.0. The van der Waals surface area contributed by atoms with Gasteiger partial charge in [0.2, 0.25) is 0 Å². The summed E-state index contributed by atoms with van der Waals surface area (Å²) in [5, 5.41) is 5.72. The highest BCUT2D eigenvalue weighted by molar-refractivity contribution is 6.00. The van der Waals surface area contributed by atoms with E-state index in [-0.39, 0.29) is 18.0 Å². The summed E-state index contributed by atoms with van der Waals surface area (Å²) in [7, 11) is 3.27. The van der Waals surface area contributed by atoms with E-state index in [1.807, 2.05) is 47.8 Å². The molecular weight excluding hydrogens is 606 g/mol. The molecule has 2 saturated carbocycles. The van der Waals surface area contributed by atoms with E-state index in [1.165, 1.54) is 12.8 Å². The molecule has 9 rings (SSSR count). The summed E-state index contributed by atoms with van der Waals surface area (Å²) in [5.41, 5.74) is 12.2. The molecule has 0 spiro atoms. The van der Waals surface area contributed by atoms with E-state index in [4.69, 9.17) is 25.2 Å². The fourth-order valence-electron chi connectivity index (χ4n) is 7.73. The van der Waals surface area contributed by atoms with Crippen molar-refractivity contribution in [1.82, 2.24) is 38.8 Å². The number of aromatic nitrogens is 7. The van der Waals surface area contributed by atoms with Crippen LogP contribution in [-0.4, -0.2) is 77.5 Å². The van der Waals surface area contributed by atoms with Crippen molar-refractivity contribution in [3.8, 4) is 28.7 Å². The van der Waals surface area contributed by atoms with Crippen LogP contribution in [0.15, 0.2) is 67.4 Å². The van der Waals surface area contributed by atoms with Gasteiger partial charge in [0.25, 0.3) is 5.91 Å². The molecule has 244 valence electrons. The zero-order valence-electron chi connectivity index (χ0n) is 27.0. The van der Waals surface area contributed by atoms with Gasteiger partial charge in [0.15, 0.2) is 5.82 Å². The van der Waals surface area contributed by atoms with Gasteiger partial charge in [0.05, 0.1) is 56.3 Å². The van der Waals surface area contributed by atoms with Gasteiger partial charge in [-0.05, 0) is 67.9 Å². The first-order chi connectivity index (χ1) is 23.5. The van der Waals surface area contributed by atoms with Gasteiger partial charge in [0, 0.05) is 60.1 Å². The molecule has 1 aromatic carbocycles. The minimum atomic E-state index is -0.0193. The largest absolute Gasteiger partial charge is 0.495 e. The molecule has 2 aliphatic carbocycles. The van der Waals surface area contributed by atoms with E-state index >= 15 is 0 Å². The number of ether oxygens (including phenoxy) is 2. The fourth-order valence-corrected chi connectivity index (χ4v) is 7.73. The third-order valence-electron chi connectivity index (χ3n) is 10.4. The van der Waals surface area contributed by atoms with E-state index in [2.05, 4.69) is 31.3 Å². The molecule has 0 radical (unpaired) electrons. The van der Waals surface area contributed by atoms with E-state index in [0.29, 0.717) is 47.5 Å². The maximum Gasteiger partial charge on any atom is 0.254 e. The highest BCUT2D eigenvalue weighted by Gasteiger charge is 2.47. The minimum Gasteiger partial charge on any atom is -0.495 e. The molecule has 3 aliphatic rings. The quantitative estimate of drug-likeness (QED) is 0.241. The third-order valence-corrected chi connectivity index (χ3v) is 10.4. The van der Waals surface area contributed by atoms with Crippen LogP contribution in [0.5, 0.6) is 11.5 Å². The van der Waals surface area contributed by atoms with Crippen molar-refractivity contribution in [3.05, 3.63) is 78.5 Å². The molecule has 1 amide bonds. The number of benzene rings is 1. The zero-order valence-corrected chi connectivity index (χ0v) is 27.0. The van der Waals surface area contributed by atoms with Gasteiger partial charge in [-0.1, -0.05) is 0 Å². The Morgan fingerprint density at radius 3 is 2.69 bits per heavy atom. The number of fused-ring (bicyclic) bond motifs is 4. The van der Waals surface area contributed by atoms with Crippen LogP contribution in [0, 0.1) is 11.8 Å². The number of amides is 1. The molecule has 1 saturated heterocycles. The van der Waals surface area contributed by atoms with Crippen LogP contribution in [0.25, 0.3) is 39.3 Å². The Morgan fingerprint density at radius 1 is 1.02 bits per heavy atom. The summed E-state index contributed by atoms with van der Waals surface area (Å²) in [6.45, 7) is 2.04. The minimum absolute atomic E-state index is 0.0193. The SMILES string of the molecule is COc1cncc(-n2cc(Cn3c(-c4cc5cccnc5n4CC4CC4)nc4cc(C(=O)N5CC6CCC5[C@@H]6N)cc(OC)c43)cn2)c1. The average Bonchev–Trinajstić information content (AvgIpc) is 3.43. The molecular formula is C36H37N9O3. The standard InChI is InChI=1S/C36H37N9O3/c1-47-27-13-26(15-38-16-27)45-19-22(14-40-45)18-44-33-28(10-25(12-31(33)48-2)36(46)43-20-24-7-8-29(43)32(24)37)41-35(44)30-11-23-4-3-9-39-34(23)42(30)17-21-5-6-21/h3-4,9-16,19,21,24,29,32H,5-8,17-18,20,37H2,1-2H3/t24?,29?,32-/m1/s1. The second-order valence-corrected chi connectivity index (χ2v) is 13.4. The van der Waals surface area contributed by atoms with Gasteiger partial charge in [-0.25, -0.2) is 14.6 Å². The number of rotatable bonds is 9. The number of carbonyl (C=O) groups is 1. The first-order valence-corrected chi connectivity index (χ1v) is 16.6. The van der Waals surface area contributed by atoms with Crippen molar-refractivity contribution in [2.24, 2.45) is 17.6 Å². The van der Waals surface area contributed by atoms with Crippen molar-refractivity contribution in [3.63, 3.8) is 0 Å². The van der Waals surface area contributed by atoms with Gasteiger partial charge in [-0.3, -0.25) is 9.78 Å². The van der Waals surface area contributed by atoms with Crippen LogP contribution >= 0.6 is 0 Å². The van der Waals surface area contributed by atoms with E-state index in [9.17, 15) is 4.79 Å². The molecule has 2 bridgehead atoms. The van der Waals surface area contributed by atoms with Gasteiger partial charge in [-0.2, -0.15) is 5.10 Å². The monoisotopic (exact) mass is 643 g/mol. The highest BCUT2D eigenvalue weighted by atomic mass is 16.5. The molecule has 6 aromatic rings. The van der Waals surface area contributed by atoms with Gasteiger partial charge < -0.3 is 29.2 Å². The van der Waals surface area contributed by atoms with Crippen LogP contribution in [0.1, 0.15) is 41.6 Å². The number of carbonyl (C=O) groups excluding carboxylic acids is 1. The lowest BCUT2D eigenvalue weighted by Gasteiger charge is -2.27. The Balaban J connectivity index is 1.19. The number of methoxy groups -OCH3 is 2. The molecule has 2 N–H and O–H groups in total. The third kappa shape index (κ3) is 4.73. The predicted octanol–water partition coefficient (Wildman–Crippen LogP) is 4.67. The number of imidazole rings is 1. The molecule has 6 heterocycles. The normalized spacial score (nSPS) is 20.3. The number of pyridine rings is 2. The molecule has 12 heteroatoms. The molecule has 1 aliphatic heterocycles. The Bertz CT molecular complexity index is 2200. The zero-order chi connectivity index (χ0) is 32.5. The van der Waals surface area contributed by atoms with Crippen molar-refractivity contribution in [1.29, 1.82) is 0 Å². The van der Waals surface area contributed by atoms with Crippen LogP contribution in [0.4, 0.5) is 0 Å². The molecule has 3 fully saturated rings. The highest BCUT2D eigenvalue weighted by Crippen LogP contribution is 2.40. The second-order valence-electron chi connectivity index (χ2n) is 13.4. The lowest BCUT2D eigenvalue weighted by Crippen LogP contribution is -2.41. The van der Waals surface area contributed by atoms with Crippen LogP contribution in [0.3, 0.4) is 0 Å². The van der Waals surface area contributed by atoms with Gasteiger partial charge in [0.1, 0.15) is 22.7 Å². The van der Waals surface area contributed by atoms with Crippen molar-refractivity contribution >= 4 is 28.0 Å². The Morgan fingerprint density at radius 2 is 1.92 bits per heavy atom. The van der Waals surface area contributed by atoms with Crippen LogP contribution < -0.4 is 15.2 Å². The van der Waals surface area contributed by atoms with E-state index in [1.54, 1.807) is 31.3 Å². The van der Waals surface area contributed by atoms with Gasteiger partial charge >= 0.3 is 0 Å². The maximum absolute atomic E-state index is 14.0. The van der Waals surface area contributed by atoms with Gasteiger partial charge in [-0.15, -0.1) is 0 Å². The van der Waals surface area contributed by atoms with E-state index in [0.717, 1.165) is 58.7 Å². The number of hydrogen-bond donors (Lipinski definition) is 1. The van der Waals surface area contributed by atoms with Crippen molar-refractivity contribution < 1.29 is 14.3 Å². The Kier molecular flexibility index (Phi) is 6.75. The summed E-state index contributed by atoms with van der Waals surface area (Å²) in [6.07, 6.45) is 13.6. The average molecular weight is 644 g/mol. The molecule has 5 aromatic heterocycles. The lowest BCUT2D eigenvalue weighted by atomic mass is 10.1.